The number of nitrogens with one attached hydrogen (secondary N) is 1. The lowest BCUT2D eigenvalue weighted by Crippen LogP contribution is -2.28. The average Bonchev–Trinajstić information content (AvgIpc) is 2.65. The molecule has 5 heteroatoms. The van der Waals surface area contributed by atoms with Crippen molar-refractivity contribution in [1.29, 1.82) is 0 Å². The van der Waals surface area contributed by atoms with Crippen LogP contribution in [0.4, 0.5) is 0 Å². The summed E-state index contributed by atoms with van der Waals surface area (Å²) < 4.78 is 5.47. The molecule has 0 aromatic heterocycles. The van der Waals surface area contributed by atoms with Crippen LogP contribution in [0.1, 0.15) is 35.3 Å². The van der Waals surface area contributed by atoms with Crippen LogP contribution < -0.4 is 10.1 Å². The van der Waals surface area contributed by atoms with Crippen LogP contribution in [0.2, 0.25) is 0 Å². The van der Waals surface area contributed by atoms with E-state index in [9.17, 15) is 9.59 Å². The van der Waals surface area contributed by atoms with Gasteiger partial charge >= 0.3 is 0 Å². The number of amides is 1. The molecule has 1 N–H and O–H groups in total. The molecule has 0 saturated heterocycles. The van der Waals surface area contributed by atoms with Gasteiger partial charge in [0.1, 0.15) is 5.75 Å². The molecule has 0 aliphatic carbocycles. The van der Waals surface area contributed by atoms with Gasteiger partial charge in [-0.25, -0.2) is 0 Å². The molecule has 0 radical (unpaired) electrons. The second-order valence-electron chi connectivity index (χ2n) is 6.30. The second kappa shape index (κ2) is 9.73. The van der Waals surface area contributed by atoms with Crippen LogP contribution in [0, 0.1) is 0 Å². The van der Waals surface area contributed by atoms with E-state index in [4.69, 9.17) is 4.74 Å². The first-order valence-corrected chi connectivity index (χ1v) is 8.74. The maximum Gasteiger partial charge on any atom is 0.258 e. The van der Waals surface area contributed by atoms with E-state index in [2.05, 4.69) is 36.3 Å². The molecule has 5 nitrogen and oxygen atoms in total. The predicted octanol–water partition coefficient (Wildman–Crippen LogP) is 3.04. The number of ketones is 1. The zero-order valence-corrected chi connectivity index (χ0v) is 15.6. The number of hydrogen-bond donors (Lipinski definition) is 1. The number of Topliss-reactive ketones (excluding diaryl/α,β-unsaturated/α-hetero) is 1. The number of benzene rings is 2. The maximum atomic E-state index is 12.0. The third-order valence-electron chi connectivity index (χ3n) is 4.08. The molecule has 0 saturated carbocycles. The van der Waals surface area contributed by atoms with Gasteiger partial charge in [0, 0.05) is 18.7 Å². The minimum Gasteiger partial charge on any atom is -0.484 e. The molecule has 0 unspecified atom stereocenters. The van der Waals surface area contributed by atoms with Gasteiger partial charge < -0.3 is 15.0 Å². The zero-order chi connectivity index (χ0) is 18.9. The van der Waals surface area contributed by atoms with Crippen LogP contribution in [-0.2, 0) is 17.9 Å². The largest absolute Gasteiger partial charge is 0.484 e. The van der Waals surface area contributed by atoms with E-state index < -0.39 is 0 Å². The van der Waals surface area contributed by atoms with Crippen LogP contribution in [0.15, 0.2) is 48.5 Å². The topological polar surface area (TPSA) is 58.6 Å². The molecule has 0 aliphatic heterocycles. The van der Waals surface area contributed by atoms with Crippen molar-refractivity contribution in [2.24, 2.45) is 0 Å². The summed E-state index contributed by atoms with van der Waals surface area (Å²) in [4.78, 5) is 25.6. The Bertz CT molecular complexity index is 758. The standard InChI is InChI=1S/C21H26N2O3/c1-4-23(3)14-18-8-5-7-17(11-18)13-22-21(25)15-26-20-10-6-9-19(12-20)16(2)24/h5-12H,4,13-15H2,1-3H3,(H,22,25). The van der Waals surface area contributed by atoms with Gasteiger partial charge in [-0.1, -0.05) is 43.3 Å². The first-order chi connectivity index (χ1) is 12.5. The molecular weight excluding hydrogens is 328 g/mol. The fourth-order valence-electron chi connectivity index (χ4n) is 2.47. The molecule has 0 bridgehead atoms. The quantitative estimate of drug-likeness (QED) is 0.703. The number of nitrogens with zero attached hydrogens (tertiary/aromatic N) is 1. The summed E-state index contributed by atoms with van der Waals surface area (Å²) in [5.41, 5.74) is 2.84. The monoisotopic (exact) mass is 354 g/mol. The molecule has 2 aromatic carbocycles. The summed E-state index contributed by atoms with van der Waals surface area (Å²) in [6, 6.07) is 15.0. The van der Waals surface area contributed by atoms with Crippen molar-refractivity contribution in [2.45, 2.75) is 26.9 Å². The highest BCUT2D eigenvalue weighted by Crippen LogP contribution is 2.13. The fraction of sp³-hybridized carbons (Fsp3) is 0.333. The van der Waals surface area contributed by atoms with Crippen molar-refractivity contribution >= 4 is 11.7 Å². The Balaban J connectivity index is 1.82. The highest BCUT2D eigenvalue weighted by Gasteiger charge is 2.06. The lowest BCUT2D eigenvalue weighted by molar-refractivity contribution is -0.123. The maximum absolute atomic E-state index is 12.0. The minimum absolute atomic E-state index is 0.0338. The van der Waals surface area contributed by atoms with Gasteiger partial charge in [0.2, 0.25) is 0 Å². The summed E-state index contributed by atoms with van der Waals surface area (Å²) >= 11 is 0. The smallest absolute Gasteiger partial charge is 0.258 e. The average molecular weight is 354 g/mol. The summed E-state index contributed by atoms with van der Waals surface area (Å²) in [7, 11) is 2.08. The second-order valence-corrected chi connectivity index (χ2v) is 6.30. The zero-order valence-electron chi connectivity index (χ0n) is 15.6. The van der Waals surface area contributed by atoms with Gasteiger partial charge in [-0.3, -0.25) is 9.59 Å². The molecular formula is C21H26N2O3. The first-order valence-electron chi connectivity index (χ1n) is 8.74. The van der Waals surface area contributed by atoms with Gasteiger partial charge in [-0.2, -0.15) is 0 Å². The molecule has 0 fully saturated rings. The minimum atomic E-state index is -0.200. The van der Waals surface area contributed by atoms with E-state index in [0.717, 1.165) is 18.7 Å². The summed E-state index contributed by atoms with van der Waals surface area (Å²) in [6.07, 6.45) is 0. The van der Waals surface area contributed by atoms with Crippen LogP contribution in [0.3, 0.4) is 0 Å². The van der Waals surface area contributed by atoms with E-state index in [1.165, 1.54) is 12.5 Å². The van der Waals surface area contributed by atoms with Gasteiger partial charge in [-0.15, -0.1) is 0 Å². The van der Waals surface area contributed by atoms with Crippen molar-refractivity contribution in [3.8, 4) is 5.75 Å². The Morgan fingerprint density at radius 2 is 1.81 bits per heavy atom. The molecule has 2 aromatic rings. The van der Waals surface area contributed by atoms with E-state index >= 15 is 0 Å². The van der Waals surface area contributed by atoms with Gasteiger partial charge in [0.05, 0.1) is 0 Å². The summed E-state index contributed by atoms with van der Waals surface area (Å²) in [6.45, 7) is 5.87. The normalized spacial score (nSPS) is 10.6. The molecule has 1 amide bonds. The Labute approximate surface area is 155 Å². The Hall–Kier alpha value is -2.66. The highest BCUT2D eigenvalue weighted by molar-refractivity contribution is 5.94. The van der Waals surface area contributed by atoms with Crippen molar-refractivity contribution in [1.82, 2.24) is 10.2 Å². The third kappa shape index (κ3) is 6.33. The number of rotatable bonds is 9. The Morgan fingerprint density at radius 1 is 1.08 bits per heavy atom. The van der Waals surface area contributed by atoms with Gasteiger partial charge in [0.15, 0.2) is 12.4 Å². The number of hydrogen-bond acceptors (Lipinski definition) is 4. The number of carbonyl (C=O) groups is 2. The van der Waals surface area contributed by atoms with E-state index in [1.54, 1.807) is 24.3 Å². The Kier molecular flexibility index (Phi) is 7.36. The van der Waals surface area contributed by atoms with Crippen molar-refractivity contribution in [3.63, 3.8) is 0 Å². The molecule has 0 spiro atoms. The van der Waals surface area contributed by atoms with Gasteiger partial charge in [-0.05, 0) is 43.8 Å². The molecule has 138 valence electrons. The van der Waals surface area contributed by atoms with Crippen molar-refractivity contribution in [2.75, 3.05) is 20.2 Å². The van der Waals surface area contributed by atoms with E-state index in [0.29, 0.717) is 17.9 Å². The Morgan fingerprint density at radius 3 is 2.54 bits per heavy atom. The number of ether oxygens (including phenoxy) is 1. The summed E-state index contributed by atoms with van der Waals surface area (Å²) in [5.74, 6) is 0.278. The third-order valence-corrected chi connectivity index (χ3v) is 4.08. The lowest BCUT2D eigenvalue weighted by atomic mass is 10.1. The molecule has 2 rings (SSSR count). The first kappa shape index (κ1) is 19.7. The van der Waals surface area contributed by atoms with Crippen molar-refractivity contribution in [3.05, 3.63) is 65.2 Å². The van der Waals surface area contributed by atoms with Gasteiger partial charge in [0.25, 0.3) is 5.91 Å². The van der Waals surface area contributed by atoms with Crippen LogP contribution in [0.5, 0.6) is 5.75 Å². The predicted molar refractivity (Wildman–Crippen MR) is 102 cm³/mol. The SMILES string of the molecule is CCN(C)Cc1cccc(CNC(=O)COc2cccc(C(C)=O)c2)c1. The van der Waals surface area contributed by atoms with Crippen LogP contribution in [-0.4, -0.2) is 36.8 Å². The highest BCUT2D eigenvalue weighted by atomic mass is 16.5. The lowest BCUT2D eigenvalue weighted by Gasteiger charge is -2.14. The van der Waals surface area contributed by atoms with Crippen molar-refractivity contribution < 1.29 is 14.3 Å². The van der Waals surface area contributed by atoms with E-state index in [1.807, 2.05) is 12.1 Å². The molecule has 26 heavy (non-hydrogen) atoms. The van der Waals surface area contributed by atoms with Crippen LogP contribution >= 0.6 is 0 Å². The number of carbonyl (C=O) groups excluding carboxylic acids is 2. The fourth-order valence-corrected chi connectivity index (χ4v) is 2.47. The summed E-state index contributed by atoms with van der Waals surface area (Å²) in [5, 5.41) is 2.86. The molecule has 0 atom stereocenters. The molecule has 0 heterocycles. The molecule has 0 aliphatic rings. The van der Waals surface area contributed by atoms with Crippen LogP contribution in [0.25, 0.3) is 0 Å². The van der Waals surface area contributed by atoms with E-state index in [-0.39, 0.29) is 18.3 Å².